The van der Waals surface area contributed by atoms with Crippen LogP contribution in [0.15, 0.2) is 18.5 Å². The van der Waals surface area contributed by atoms with Crippen LogP contribution in [0.4, 0.5) is 0 Å². The molecule has 2 heterocycles. The Kier molecular flexibility index (Phi) is 4.32. The molecular weight excluding hydrogens is 226 g/mol. The minimum atomic E-state index is 0.243. The Hall–Kier alpha value is -0.970. The van der Waals surface area contributed by atoms with Gasteiger partial charge in [-0.15, -0.1) is 0 Å². The molecule has 0 bridgehead atoms. The molecule has 18 heavy (non-hydrogen) atoms. The van der Waals surface area contributed by atoms with Crippen molar-refractivity contribution in [3.8, 4) is 0 Å². The number of ether oxygens (including phenoxy) is 1. The van der Waals surface area contributed by atoms with Crippen LogP contribution in [0.2, 0.25) is 0 Å². The van der Waals surface area contributed by atoms with Crippen LogP contribution in [-0.4, -0.2) is 41.7 Å². The number of aryl methyl sites for hydroxylation is 1. The summed E-state index contributed by atoms with van der Waals surface area (Å²) in [5.41, 5.74) is 8.48. The van der Waals surface area contributed by atoms with E-state index < -0.39 is 0 Å². The second-order valence-corrected chi connectivity index (χ2v) is 5.19. The number of pyridine rings is 1. The van der Waals surface area contributed by atoms with Crippen molar-refractivity contribution in [2.24, 2.45) is 5.73 Å². The summed E-state index contributed by atoms with van der Waals surface area (Å²) < 4.78 is 5.78. The Labute approximate surface area is 109 Å². The molecule has 1 aliphatic rings. The molecule has 1 aliphatic heterocycles. The lowest BCUT2D eigenvalue weighted by Gasteiger charge is -2.40. The number of hydrogen-bond donors (Lipinski definition) is 1. The Morgan fingerprint density at radius 3 is 2.67 bits per heavy atom. The molecule has 2 N–H and O–H groups in total. The van der Waals surface area contributed by atoms with Crippen molar-refractivity contribution in [3.05, 3.63) is 29.6 Å². The Bertz CT molecular complexity index is 386. The fourth-order valence-electron chi connectivity index (χ4n) is 2.77. The minimum absolute atomic E-state index is 0.243. The van der Waals surface area contributed by atoms with E-state index in [4.69, 9.17) is 10.5 Å². The first-order valence-corrected chi connectivity index (χ1v) is 6.62. The maximum atomic E-state index is 5.99. The summed E-state index contributed by atoms with van der Waals surface area (Å²) in [6.07, 6.45) is 4.30. The molecule has 1 aromatic rings. The van der Waals surface area contributed by atoms with E-state index in [-0.39, 0.29) is 18.2 Å². The summed E-state index contributed by atoms with van der Waals surface area (Å²) in [7, 11) is 0. The van der Waals surface area contributed by atoms with Gasteiger partial charge in [-0.25, -0.2) is 0 Å². The number of rotatable bonds is 3. The highest BCUT2D eigenvalue weighted by atomic mass is 16.5. The molecule has 0 amide bonds. The maximum Gasteiger partial charge on any atom is 0.0678 e. The SMILES string of the molecule is Cc1ccncc1C(CN)N1C[C@@H](C)O[C@@H](C)C1. The zero-order valence-corrected chi connectivity index (χ0v) is 11.5. The first kappa shape index (κ1) is 13.5. The number of aromatic nitrogens is 1. The van der Waals surface area contributed by atoms with Gasteiger partial charge in [-0.05, 0) is 38.0 Å². The quantitative estimate of drug-likeness (QED) is 0.882. The molecule has 0 spiro atoms. The van der Waals surface area contributed by atoms with Crippen LogP contribution < -0.4 is 5.73 Å². The molecule has 4 nitrogen and oxygen atoms in total. The summed E-state index contributed by atoms with van der Waals surface area (Å²) in [6.45, 7) is 8.83. The molecule has 1 fully saturated rings. The summed E-state index contributed by atoms with van der Waals surface area (Å²) in [5, 5.41) is 0. The van der Waals surface area contributed by atoms with E-state index in [1.165, 1.54) is 11.1 Å². The lowest BCUT2D eigenvalue weighted by atomic mass is 10.0. The van der Waals surface area contributed by atoms with Crippen molar-refractivity contribution >= 4 is 0 Å². The third-order valence-electron chi connectivity index (χ3n) is 3.55. The smallest absolute Gasteiger partial charge is 0.0678 e. The first-order valence-electron chi connectivity index (χ1n) is 6.62. The van der Waals surface area contributed by atoms with Crippen molar-refractivity contribution in [3.63, 3.8) is 0 Å². The predicted molar refractivity (Wildman–Crippen MR) is 72.4 cm³/mol. The number of morpholine rings is 1. The average molecular weight is 249 g/mol. The van der Waals surface area contributed by atoms with E-state index in [1.807, 2.05) is 18.5 Å². The average Bonchev–Trinajstić information content (AvgIpc) is 2.31. The normalized spacial score (nSPS) is 27.1. The Morgan fingerprint density at radius 2 is 2.11 bits per heavy atom. The van der Waals surface area contributed by atoms with Crippen LogP contribution >= 0.6 is 0 Å². The second kappa shape index (κ2) is 5.78. The maximum absolute atomic E-state index is 5.99. The third-order valence-corrected chi connectivity index (χ3v) is 3.55. The predicted octanol–water partition coefficient (Wildman–Crippen LogP) is 1.50. The van der Waals surface area contributed by atoms with Crippen LogP contribution in [-0.2, 0) is 4.74 Å². The van der Waals surface area contributed by atoms with Crippen molar-refractivity contribution in [1.82, 2.24) is 9.88 Å². The number of nitrogens with zero attached hydrogens (tertiary/aromatic N) is 2. The third kappa shape index (κ3) is 2.88. The van der Waals surface area contributed by atoms with E-state index in [0.29, 0.717) is 6.54 Å². The highest BCUT2D eigenvalue weighted by Crippen LogP contribution is 2.25. The number of hydrogen-bond acceptors (Lipinski definition) is 4. The molecule has 100 valence electrons. The van der Waals surface area contributed by atoms with E-state index in [1.54, 1.807) is 0 Å². The van der Waals surface area contributed by atoms with Gasteiger partial charge in [0.15, 0.2) is 0 Å². The molecule has 1 aromatic heterocycles. The fraction of sp³-hybridized carbons (Fsp3) is 0.643. The zero-order valence-electron chi connectivity index (χ0n) is 11.5. The highest BCUT2D eigenvalue weighted by Gasteiger charge is 2.28. The monoisotopic (exact) mass is 249 g/mol. The molecule has 4 heteroatoms. The van der Waals surface area contributed by atoms with Crippen LogP contribution in [0.5, 0.6) is 0 Å². The van der Waals surface area contributed by atoms with Gasteiger partial charge < -0.3 is 10.5 Å². The van der Waals surface area contributed by atoms with Crippen LogP contribution in [0.25, 0.3) is 0 Å². The van der Waals surface area contributed by atoms with Gasteiger partial charge in [0.1, 0.15) is 0 Å². The summed E-state index contributed by atoms with van der Waals surface area (Å²) in [6, 6.07) is 2.29. The minimum Gasteiger partial charge on any atom is -0.373 e. The lowest BCUT2D eigenvalue weighted by molar-refractivity contribution is -0.0800. The molecule has 0 radical (unpaired) electrons. The summed E-state index contributed by atoms with van der Waals surface area (Å²) in [5.74, 6) is 0. The summed E-state index contributed by atoms with van der Waals surface area (Å²) >= 11 is 0. The standard InChI is InChI=1S/C14H23N3O/c1-10-4-5-16-7-13(10)14(6-15)17-8-11(2)18-12(3)9-17/h4-5,7,11-12,14H,6,8-9,15H2,1-3H3/t11-,12+,14?. The Morgan fingerprint density at radius 1 is 1.44 bits per heavy atom. The molecule has 1 unspecified atom stereocenters. The molecule has 3 atom stereocenters. The van der Waals surface area contributed by atoms with Gasteiger partial charge in [0.2, 0.25) is 0 Å². The van der Waals surface area contributed by atoms with Gasteiger partial charge in [-0.3, -0.25) is 9.88 Å². The lowest BCUT2D eigenvalue weighted by Crippen LogP contribution is -2.48. The molecule has 2 rings (SSSR count). The van der Waals surface area contributed by atoms with Gasteiger partial charge in [0.25, 0.3) is 0 Å². The van der Waals surface area contributed by atoms with E-state index in [0.717, 1.165) is 13.1 Å². The van der Waals surface area contributed by atoms with Crippen molar-refractivity contribution in [2.45, 2.75) is 39.0 Å². The zero-order chi connectivity index (χ0) is 13.1. The van der Waals surface area contributed by atoms with Gasteiger partial charge in [-0.1, -0.05) is 0 Å². The van der Waals surface area contributed by atoms with E-state index in [2.05, 4.69) is 30.7 Å². The fourth-order valence-corrected chi connectivity index (χ4v) is 2.77. The van der Waals surface area contributed by atoms with Gasteiger partial charge >= 0.3 is 0 Å². The van der Waals surface area contributed by atoms with Crippen LogP contribution in [0, 0.1) is 6.92 Å². The van der Waals surface area contributed by atoms with Gasteiger partial charge in [0, 0.05) is 38.1 Å². The molecule has 0 aliphatic carbocycles. The van der Waals surface area contributed by atoms with Crippen molar-refractivity contribution in [2.75, 3.05) is 19.6 Å². The molecular formula is C14H23N3O. The van der Waals surface area contributed by atoms with Crippen molar-refractivity contribution in [1.29, 1.82) is 0 Å². The van der Waals surface area contributed by atoms with E-state index in [9.17, 15) is 0 Å². The van der Waals surface area contributed by atoms with Gasteiger partial charge in [-0.2, -0.15) is 0 Å². The second-order valence-electron chi connectivity index (χ2n) is 5.19. The van der Waals surface area contributed by atoms with Crippen LogP contribution in [0.3, 0.4) is 0 Å². The highest BCUT2D eigenvalue weighted by molar-refractivity contribution is 5.25. The topological polar surface area (TPSA) is 51.4 Å². The number of nitrogens with two attached hydrogens (primary N) is 1. The van der Waals surface area contributed by atoms with Crippen LogP contribution in [0.1, 0.15) is 31.0 Å². The first-order chi connectivity index (χ1) is 8.61. The molecule has 1 saturated heterocycles. The Balaban J connectivity index is 2.20. The largest absolute Gasteiger partial charge is 0.373 e. The summed E-state index contributed by atoms with van der Waals surface area (Å²) in [4.78, 5) is 6.65. The van der Waals surface area contributed by atoms with E-state index >= 15 is 0 Å². The van der Waals surface area contributed by atoms with Crippen molar-refractivity contribution < 1.29 is 4.74 Å². The molecule has 0 saturated carbocycles. The van der Waals surface area contributed by atoms with Gasteiger partial charge in [0.05, 0.1) is 12.2 Å². The molecule has 0 aromatic carbocycles.